The molecule has 1 aromatic rings. The number of carbonyl (C=O) groups is 2. The molecule has 0 aliphatic carbocycles. The van der Waals surface area contributed by atoms with Crippen molar-refractivity contribution in [2.24, 2.45) is 0 Å². The van der Waals surface area contributed by atoms with Crippen LogP contribution in [-0.4, -0.2) is 41.2 Å². The van der Waals surface area contributed by atoms with Gasteiger partial charge in [-0.3, -0.25) is 4.79 Å². The minimum Gasteiger partial charge on any atom is -0.476 e. The summed E-state index contributed by atoms with van der Waals surface area (Å²) in [6, 6.07) is 0. The van der Waals surface area contributed by atoms with Crippen molar-refractivity contribution in [3.8, 4) is 0 Å². The summed E-state index contributed by atoms with van der Waals surface area (Å²) < 4.78 is 5.38. The number of aromatic nitrogens is 1. The second-order valence-corrected chi connectivity index (χ2v) is 5.28. The fraction of sp³-hybridized carbons (Fsp3) is 0.615. The highest BCUT2D eigenvalue weighted by Crippen LogP contribution is 2.09. The van der Waals surface area contributed by atoms with Crippen LogP contribution >= 0.6 is 11.3 Å². The van der Waals surface area contributed by atoms with Crippen LogP contribution in [0.3, 0.4) is 0 Å². The Morgan fingerprint density at radius 3 is 2.90 bits per heavy atom. The molecule has 0 saturated heterocycles. The van der Waals surface area contributed by atoms with Crippen LogP contribution < -0.4 is 5.32 Å². The molecule has 0 radical (unpaired) electrons. The zero-order valence-corrected chi connectivity index (χ0v) is 12.5. The van der Waals surface area contributed by atoms with E-state index in [4.69, 9.17) is 9.84 Å². The van der Waals surface area contributed by atoms with Crippen LogP contribution in [0, 0.1) is 0 Å². The van der Waals surface area contributed by atoms with Gasteiger partial charge < -0.3 is 15.2 Å². The molecule has 1 aromatic heterocycles. The lowest BCUT2D eigenvalue weighted by Gasteiger charge is -2.12. The average Bonchev–Trinajstić information content (AvgIpc) is 2.87. The van der Waals surface area contributed by atoms with Crippen molar-refractivity contribution in [3.63, 3.8) is 0 Å². The third-order valence-electron chi connectivity index (χ3n) is 2.64. The number of aromatic carboxylic acids is 1. The van der Waals surface area contributed by atoms with E-state index in [1.807, 2.05) is 0 Å². The third kappa shape index (κ3) is 5.66. The van der Waals surface area contributed by atoms with E-state index >= 15 is 0 Å². The van der Waals surface area contributed by atoms with E-state index in [-0.39, 0.29) is 11.6 Å². The van der Waals surface area contributed by atoms with E-state index in [1.165, 1.54) is 16.7 Å². The number of thiazole rings is 1. The maximum Gasteiger partial charge on any atom is 0.355 e. The Bertz CT molecular complexity index is 447. The number of nitrogens with zero attached hydrogens (tertiary/aromatic N) is 1. The molecule has 1 rings (SSSR count). The maximum atomic E-state index is 11.7. The number of amides is 1. The zero-order valence-electron chi connectivity index (χ0n) is 11.7. The van der Waals surface area contributed by atoms with Gasteiger partial charge in [-0.2, -0.15) is 0 Å². The third-order valence-corrected chi connectivity index (χ3v) is 3.55. The molecule has 0 saturated carbocycles. The number of rotatable bonds is 9. The van der Waals surface area contributed by atoms with Crippen LogP contribution in [-0.2, 0) is 16.0 Å². The quantitative estimate of drug-likeness (QED) is 0.678. The second-order valence-electron chi connectivity index (χ2n) is 4.34. The predicted molar refractivity (Wildman–Crippen MR) is 76.1 cm³/mol. The summed E-state index contributed by atoms with van der Waals surface area (Å²) in [4.78, 5) is 26.3. The Hall–Kier alpha value is -1.47. The monoisotopic (exact) mass is 300 g/mol. The van der Waals surface area contributed by atoms with Gasteiger partial charge in [0.2, 0.25) is 5.91 Å². The van der Waals surface area contributed by atoms with Crippen molar-refractivity contribution < 1.29 is 19.4 Å². The smallest absolute Gasteiger partial charge is 0.355 e. The normalized spacial score (nSPS) is 12.1. The van der Waals surface area contributed by atoms with Gasteiger partial charge in [0, 0.05) is 25.0 Å². The van der Waals surface area contributed by atoms with Gasteiger partial charge >= 0.3 is 5.97 Å². The first-order valence-corrected chi connectivity index (χ1v) is 7.49. The molecular weight excluding hydrogens is 280 g/mol. The zero-order chi connectivity index (χ0) is 15.0. The molecule has 1 atom stereocenters. The van der Waals surface area contributed by atoms with E-state index in [0.717, 1.165) is 12.8 Å². The highest BCUT2D eigenvalue weighted by Gasteiger charge is 2.13. The summed E-state index contributed by atoms with van der Waals surface area (Å²) in [5.41, 5.74) is 0.0487. The summed E-state index contributed by atoms with van der Waals surface area (Å²) in [6.07, 6.45) is 2.03. The largest absolute Gasteiger partial charge is 0.476 e. The SMILES string of the molecule is CCCCOC(C)C(=O)NCCc1nc(C(=O)O)cs1. The topological polar surface area (TPSA) is 88.5 Å². The highest BCUT2D eigenvalue weighted by molar-refractivity contribution is 7.09. The minimum absolute atomic E-state index is 0.0487. The number of hydrogen-bond donors (Lipinski definition) is 2. The van der Waals surface area contributed by atoms with Gasteiger partial charge in [0.1, 0.15) is 6.10 Å². The van der Waals surface area contributed by atoms with Crippen LogP contribution in [0.25, 0.3) is 0 Å². The molecule has 1 amide bonds. The minimum atomic E-state index is -1.03. The molecule has 1 unspecified atom stereocenters. The fourth-order valence-corrected chi connectivity index (χ4v) is 2.21. The Morgan fingerprint density at radius 1 is 1.55 bits per heavy atom. The average molecular weight is 300 g/mol. The van der Waals surface area contributed by atoms with E-state index in [0.29, 0.717) is 24.6 Å². The summed E-state index contributed by atoms with van der Waals surface area (Å²) in [5, 5.41) is 13.7. The molecule has 0 aliphatic heterocycles. The van der Waals surface area contributed by atoms with E-state index in [2.05, 4.69) is 17.2 Å². The lowest BCUT2D eigenvalue weighted by atomic mass is 10.3. The number of nitrogens with one attached hydrogen (secondary N) is 1. The molecule has 1 heterocycles. The van der Waals surface area contributed by atoms with Crippen LogP contribution in [0.1, 0.15) is 42.2 Å². The summed E-state index contributed by atoms with van der Waals surface area (Å²) in [6.45, 7) is 4.79. The number of carboxylic acid groups (broad SMARTS) is 1. The Balaban J connectivity index is 2.25. The van der Waals surface area contributed by atoms with Gasteiger partial charge in [-0.15, -0.1) is 11.3 Å². The van der Waals surface area contributed by atoms with E-state index in [1.54, 1.807) is 6.92 Å². The number of unbranched alkanes of at least 4 members (excludes halogenated alkanes) is 1. The van der Waals surface area contributed by atoms with Gasteiger partial charge in [0.05, 0.1) is 5.01 Å². The lowest BCUT2D eigenvalue weighted by Crippen LogP contribution is -2.35. The molecule has 0 aromatic carbocycles. The number of hydrogen-bond acceptors (Lipinski definition) is 5. The first kappa shape index (κ1) is 16.6. The standard InChI is InChI=1S/C13H20N2O4S/c1-3-4-7-19-9(2)12(16)14-6-5-11-15-10(8-20-11)13(17)18/h8-9H,3-7H2,1-2H3,(H,14,16)(H,17,18). The van der Waals surface area contributed by atoms with Crippen molar-refractivity contribution in [3.05, 3.63) is 16.1 Å². The summed E-state index contributed by atoms with van der Waals surface area (Å²) in [5.74, 6) is -1.19. The first-order chi connectivity index (χ1) is 9.54. The van der Waals surface area contributed by atoms with Crippen molar-refractivity contribution in [2.45, 2.75) is 39.2 Å². The Kier molecular flexibility index (Phi) is 7.17. The predicted octanol–water partition coefficient (Wildman–Crippen LogP) is 1.71. The van der Waals surface area contributed by atoms with Crippen molar-refractivity contribution >= 4 is 23.2 Å². The van der Waals surface area contributed by atoms with Crippen molar-refractivity contribution in [1.29, 1.82) is 0 Å². The van der Waals surface area contributed by atoms with Gasteiger partial charge in [0.25, 0.3) is 0 Å². The Morgan fingerprint density at radius 2 is 2.30 bits per heavy atom. The van der Waals surface area contributed by atoms with Gasteiger partial charge in [-0.05, 0) is 13.3 Å². The van der Waals surface area contributed by atoms with Gasteiger partial charge in [0.15, 0.2) is 5.69 Å². The van der Waals surface area contributed by atoms with Crippen LogP contribution in [0.15, 0.2) is 5.38 Å². The molecule has 0 aliphatic rings. The molecule has 7 heteroatoms. The molecule has 20 heavy (non-hydrogen) atoms. The molecule has 2 N–H and O–H groups in total. The van der Waals surface area contributed by atoms with Crippen LogP contribution in [0.4, 0.5) is 0 Å². The second kappa shape index (κ2) is 8.65. The molecule has 0 spiro atoms. The highest BCUT2D eigenvalue weighted by atomic mass is 32.1. The van der Waals surface area contributed by atoms with E-state index in [9.17, 15) is 9.59 Å². The maximum absolute atomic E-state index is 11.7. The Labute approximate surface area is 122 Å². The van der Waals surface area contributed by atoms with Crippen LogP contribution in [0.5, 0.6) is 0 Å². The first-order valence-electron chi connectivity index (χ1n) is 6.61. The van der Waals surface area contributed by atoms with Gasteiger partial charge in [-0.25, -0.2) is 9.78 Å². The number of carbonyl (C=O) groups excluding carboxylic acids is 1. The van der Waals surface area contributed by atoms with Crippen LogP contribution in [0.2, 0.25) is 0 Å². The lowest BCUT2D eigenvalue weighted by molar-refractivity contribution is -0.131. The molecular formula is C13H20N2O4S. The fourth-order valence-electron chi connectivity index (χ4n) is 1.44. The summed E-state index contributed by atoms with van der Waals surface area (Å²) >= 11 is 1.28. The molecule has 112 valence electrons. The summed E-state index contributed by atoms with van der Waals surface area (Å²) in [7, 11) is 0. The molecule has 0 fully saturated rings. The molecule has 6 nitrogen and oxygen atoms in total. The van der Waals surface area contributed by atoms with Crippen molar-refractivity contribution in [1.82, 2.24) is 10.3 Å². The number of ether oxygens (including phenoxy) is 1. The van der Waals surface area contributed by atoms with Crippen molar-refractivity contribution in [2.75, 3.05) is 13.2 Å². The van der Waals surface area contributed by atoms with Gasteiger partial charge in [-0.1, -0.05) is 13.3 Å². The molecule has 0 bridgehead atoms. The van der Waals surface area contributed by atoms with E-state index < -0.39 is 12.1 Å². The number of carboxylic acids is 1.